The molecular formula is C16H20O3. The first kappa shape index (κ1) is 13.9. The molecule has 1 fully saturated rings. The Kier molecular flexibility index (Phi) is 5.26. The second-order valence-electron chi connectivity index (χ2n) is 4.77. The van der Waals surface area contributed by atoms with Gasteiger partial charge in [0.1, 0.15) is 12.4 Å². The molecule has 0 spiro atoms. The van der Waals surface area contributed by atoms with Gasteiger partial charge in [-0.3, -0.25) is 0 Å². The molecule has 0 aliphatic heterocycles. The van der Waals surface area contributed by atoms with Gasteiger partial charge < -0.3 is 14.6 Å². The Labute approximate surface area is 114 Å². The van der Waals surface area contributed by atoms with Crippen molar-refractivity contribution in [3.63, 3.8) is 0 Å². The van der Waals surface area contributed by atoms with Crippen LogP contribution in [0.4, 0.5) is 0 Å². The molecule has 0 bridgehead atoms. The van der Waals surface area contributed by atoms with E-state index in [1.165, 1.54) is 12.8 Å². The van der Waals surface area contributed by atoms with Crippen LogP contribution in [0.3, 0.4) is 0 Å². The minimum atomic E-state index is -0.131. The maximum Gasteiger partial charge on any atom is 0.119 e. The third-order valence-corrected chi connectivity index (χ3v) is 3.24. The highest BCUT2D eigenvalue weighted by molar-refractivity contribution is 5.45. The van der Waals surface area contributed by atoms with Gasteiger partial charge in [-0.05, 0) is 36.1 Å². The van der Waals surface area contributed by atoms with Crippen LogP contribution >= 0.6 is 0 Å². The van der Waals surface area contributed by atoms with E-state index in [9.17, 15) is 0 Å². The van der Waals surface area contributed by atoms with Gasteiger partial charge in [0, 0.05) is 12.2 Å². The highest BCUT2D eigenvalue weighted by atomic mass is 16.5. The second-order valence-corrected chi connectivity index (χ2v) is 4.77. The lowest BCUT2D eigenvalue weighted by atomic mass is 10.1. The summed E-state index contributed by atoms with van der Waals surface area (Å²) in [6.45, 7) is 1.21. The summed E-state index contributed by atoms with van der Waals surface area (Å²) in [5, 5.41) is 8.77. The van der Waals surface area contributed by atoms with E-state index in [-0.39, 0.29) is 6.61 Å². The molecule has 0 radical (unpaired) electrons. The number of aliphatic hydroxyl groups is 1. The molecule has 1 aliphatic carbocycles. The van der Waals surface area contributed by atoms with Crippen LogP contribution in [0.15, 0.2) is 18.2 Å². The molecule has 1 N–H and O–H groups in total. The maximum absolute atomic E-state index is 8.77. The highest BCUT2D eigenvalue weighted by Crippen LogP contribution is 2.32. The topological polar surface area (TPSA) is 38.7 Å². The first-order chi connectivity index (χ1) is 9.33. The monoisotopic (exact) mass is 260 g/mol. The number of rotatable bonds is 6. The molecule has 3 heteroatoms. The number of benzene rings is 1. The average molecular weight is 260 g/mol. The van der Waals surface area contributed by atoms with Gasteiger partial charge in [0.05, 0.1) is 13.7 Å². The number of ether oxygens (including phenoxy) is 2. The van der Waals surface area contributed by atoms with Crippen LogP contribution in [0.25, 0.3) is 0 Å². The van der Waals surface area contributed by atoms with Crippen molar-refractivity contribution < 1.29 is 14.6 Å². The molecule has 1 aliphatic rings. The van der Waals surface area contributed by atoms with Crippen molar-refractivity contribution in [1.82, 2.24) is 0 Å². The molecule has 0 heterocycles. The lowest BCUT2D eigenvalue weighted by Crippen LogP contribution is -1.99. The largest absolute Gasteiger partial charge is 0.497 e. The molecule has 0 unspecified atom stereocenters. The van der Waals surface area contributed by atoms with Gasteiger partial charge in [0.15, 0.2) is 0 Å². The van der Waals surface area contributed by atoms with Crippen LogP contribution < -0.4 is 4.74 Å². The Morgan fingerprint density at radius 3 is 2.89 bits per heavy atom. The standard InChI is InChI=1S/C16H20O3/c1-18-16-7-6-14(3-2-9-17)15(11-16)12-19-10-8-13-4-5-13/h6-7,11,13,17H,4-5,8-10,12H2,1H3. The summed E-state index contributed by atoms with van der Waals surface area (Å²) in [5.41, 5.74) is 1.90. The normalized spacial score (nSPS) is 13.8. The van der Waals surface area contributed by atoms with Crippen LogP contribution in [0, 0.1) is 17.8 Å². The maximum atomic E-state index is 8.77. The molecule has 0 aromatic heterocycles. The van der Waals surface area contributed by atoms with Gasteiger partial charge >= 0.3 is 0 Å². The fourth-order valence-electron chi connectivity index (χ4n) is 1.91. The fraction of sp³-hybridized carbons (Fsp3) is 0.500. The van der Waals surface area contributed by atoms with E-state index in [0.717, 1.165) is 35.8 Å². The van der Waals surface area contributed by atoms with Gasteiger partial charge in [-0.1, -0.05) is 24.7 Å². The average Bonchev–Trinajstić information content (AvgIpc) is 3.26. The van der Waals surface area contributed by atoms with Crippen molar-refractivity contribution in [2.24, 2.45) is 5.92 Å². The molecule has 0 atom stereocenters. The molecule has 102 valence electrons. The molecule has 19 heavy (non-hydrogen) atoms. The second kappa shape index (κ2) is 7.18. The van der Waals surface area contributed by atoms with Crippen molar-refractivity contribution in [3.8, 4) is 17.6 Å². The van der Waals surface area contributed by atoms with Crippen LogP contribution in [-0.4, -0.2) is 25.4 Å². The molecule has 1 aromatic rings. The first-order valence-electron chi connectivity index (χ1n) is 6.68. The van der Waals surface area contributed by atoms with Gasteiger partial charge in [-0.2, -0.15) is 0 Å². The number of aliphatic hydroxyl groups excluding tert-OH is 1. The predicted molar refractivity (Wildman–Crippen MR) is 74.0 cm³/mol. The van der Waals surface area contributed by atoms with Crippen LogP contribution in [-0.2, 0) is 11.3 Å². The van der Waals surface area contributed by atoms with Crippen molar-refractivity contribution in [2.45, 2.75) is 25.9 Å². The van der Waals surface area contributed by atoms with Gasteiger partial charge in [-0.25, -0.2) is 0 Å². The minimum Gasteiger partial charge on any atom is -0.497 e. The molecular weight excluding hydrogens is 240 g/mol. The summed E-state index contributed by atoms with van der Waals surface area (Å²) < 4.78 is 10.9. The molecule has 3 nitrogen and oxygen atoms in total. The fourth-order valence-corrected chi connectivity index (χ4v) is 1.91. The Morgan fingerprint density at radius 2 is 2.21 bits per heavy atom. The quantitative estimate of drug-likeness (QED) is 0.630. The number of hydrogen-bond acceptors (Lipinski definition) is 3. The van der Waals surface area contributed by atoms with Crippen LogP contribution in [0.5, 0.6) is 5.75 Å². The molecule has 1 aromatic carbocycles. The summed E-state index contributed by atoms with van der Waals surface area (Å²) in [4.78, 5) is 0. The number of hydrogen-bond donors (Lipinski definition) is 1. The summed E-state index contributed by atoms with van der Waals surface area (Å²) in [7, 11) is 1.64. The first-order valence-corrected chi connectivity index (χ1v) is 6.68. The predicted octanol–water partition coefficient (Wildman–Crippen LogP) is 2.36. The Balaban J connectivity index is 1.96. The zero-order valence-corrected chi connectivity index (χ0v) is 11.3. The van der Waals surface area contributed by atoms with E-state index < -0.39 is 0 Å². The van der Waals surface area contributed by atoms with Crippen molar-refractivity contribution in [2.75, 3.05) is 20.3 Å². The summed E-state index contributed by atoms with van der Waals surface area (Å²) in [6.07, 6.45) is 3.87. The molecule has 1 saturated carbocycles. The zero-order valence-electron chi connectivity index (χ0n) is 11.3. The van der Waals surface area contributed by atoms with Crippen molar-refractivity contribution in [1.29, 1.82) is 0 Å². The summed E-state index contributed by atoms with van der Waals surface area (Å²) >= 11 is 0. The van der Waals surface area contributed by atoms with Crippen molar-refractivity contribution >= 4 is 0 Å². The Bertz CT molecular complexity index is 467. The third kappa shape index (κ3) is 4.59. The lowest BCUT2D eigenvalue weighted by Gasteiger charge is -2.08. The van der Waals surface area contributed by atoms with Gasteiger partial charge in [-0.15, -0.1) is 0 Å². The number of methoxy groups -OCH3 is 1. The van der Waals surface area contributed by atoms with E-state index in [0.29, 0.717) is 6.61 Å². The smallest absolute Gasteiger partial charge is 0.119 e. The van der Waals surface area contributed by atoms with E-state index in [2.05, 4.69) is 11.8 Å². The third-order valence-electron chi connectivity index (χ3n) is 3.24. The van der Waals surface area contributed by atoms with Gasteiger partial charge in [0.25, 0.3) is 0 Å². The SMILES string of the molecule is COc1ccc(C#CCO)c(COCCC2CC2)c1. The molecule has 0 saturated heterocycles. The van der Waals surface area contributed by atoms with Gasteiger partial charge in [0.2, 0.25) is 0 Å². The summed E-state index contributed by atoms with van der Waals surface area (Å²) in [5.74, 6) is 7.30. The van der Waals surface area contributed by atoms with Crippen LogP contribution in [0.1, 0.15) is 30.4 Å². The highest BCUT2D eigenvalue weighted by Gasteiger charge is 2.20. The van der Waals surface area contributed by atoms with Crippen molar-refractivity contribution in [3.05, 3.63) is 29.3 Å². The van der Waals surface area contributed by atoms with Crippen LogP contribution in [0.2, 0.25) is 0 Å². The minimum absolute atomic E-state index is 0.131. The lowest BCUT2D eigenvalue weighted by molar-refractivity contribution is 0.115. The Hall–Kier alpha value is -1.50. The van der Waals surface area contributed by atoms with E-state index in [4.69, 9.17) is 14.6 Å². The molecule has 2 rings (SSSR count). The summed E-state index contributed by atoms with van der Waals surface area (Å²) in [6, 6.07) is 5.72. The van der Waals surface area contributed by atoms with E-state index in [1.54, 1.807) is 7.11 Å². The zero-order chi connectivity index (χ0) is 13.5. The van der Waals surface area contributed by atoms with E-state index >= 15 is 0 Å². The molecule has 0 amide bonds. The van der Waals surface area contributed by atoms with E-state index in [1.807, 2.05) is 18.2 Å². The Morgan fingerprint density at radius 1 is 1.37 bits per heavy atom.